The minimum Gasteiger partial charge on any atom is -0.313 e. The molecular weight excluding hydrogens is 222 g/mol. The SMILES string of the molecule is CCN(Cc1cccc(C)n1)C(C)CNC(C)C. The van der Waals surface area contributed by atoms with Crippen LogP contribution in [-0.4, -0.2) is 35.1 Å². The minimum atomic E-state index is 0.528. The lowest BCUT2D eigenvalue weighted by molar-refractivity contribution is 0.201. The number of likely N-dealkylation sites (N-methyl/N-ethyl adjacent to an activating group) is 1. The molecule has 1 unspecified atom stereocenters. The van der Waals surface area contributed by atoms with Crippen LogP contribution < -0.4 is 5.32 Å². The van der Waals surface area contributed by atoms with Gasteiger partial charge in [-0.25, -0.2) is 0 Å². The maximum absolute atomic E-state index is 4.58. The van der Waals surface area contributed by atoms with E-state index in [1.165, 1.54) is 0 Å². The molecule has 18 heavy (non-hydrogen) atoms. The van der Waals surface area contributed by atoms with Gasteiger partial charge in [-0.15, -0.1) is 0 Å². The molecule has 3 nitrogen and oxygen atoms in total. The summed E-state index contributed by atoms with van der Waals surface area (Å²) < 4.78 is 0. The van der Waals surface area contributed by atoms with E-state index in [0.29, 0.717) is 12.1 Å². The number of pyridine rings is 1. The van der Waals surface area contributed by atoms with Gasteiger partial charge in [0.1, 0.15) is 0 Å². The van der Waals surface area contributed by atoms with Crippen molar-refractivity contribution in [1.29, 1.82) is 0 Å². The Hall–Kier alpha value is -0.930. The lowest BCUT2D eigenvalue weighted by Gasteiger charge is -2.28. The number of aryl methyl sites for hydroxylation is 1. The van der Waals surface area contributed by atoms with Crippen LogP contribution in [0.25, 0.3) is 0 Å². The molecule has 1 aromatic heterocycles. The summed E-state index contributed by atoms with van der Waals surface area (Å²) in [5.74, 6) is 0. The average molecular weight is 249 g/mol. The molecule has 0 amide bonds. The minimum absolute atomic E-state index is 0.528. The smallest absolute Gasteiger partial charge is 0.0547 e. The molecule has 0 aromatic carbocycles. The van der Waals surface area contributed by atoms with Crippen LogP contribution in [-0.2, 0) is 6.54 Å². The Bertz CT molecular complexity index is 349. The molecule has 102 valence electrons. The Kier molecular flexibility index (Phi) is 6.30. The van der Waals surface area contributed by atoms with Crippen molar-refractivity contribution in [3.8, 4) is 0 Å². The van der Waals surface area contributed by atoms with Crippen LogP contribution in [0, 0.1) is 6.92 Å². The van der Waals surface area contributed by atoms with Gasteiger partial charge < -0.3 is 5.32 Å². The molecule has 3 heteroatoms. The lowest BCUT2D eigenvalue weighted by Crippen LogP contribution is -2.41. The Morgan fingerprint density at radius 1 is 1.28 bits per heavy atom. The Labute approximate surface area is 112 Å². The van der Waals surface area contributed by atoms with Crippen molar-refractivity contribution in [1.82, 2.24) is 15.2 Å². The Morgan fingerprint density at radius 3 is 2.56 bits per heavy atom. The van der Waals surface area contributed by atoms with Crippen LogP contribution in [0.15, 0.2) is 18.2 Å². The first-order valence-corrected chi connectivity index (χ1v) is 6.93. The van der Waals surface area contributed by atoms with Crippen molar-refractivity contribution in [3.63, 3.8) is 0 Å². The van der Waals surface area contributed by atoms with Gasteiger partial charge in [-0.05, 0) is 32.5 Å². The van der Waals surface area contributed by atoms with Gasteiger partial charge in [0.15, 0.2) is 0 Å². The van der Waals surface area contributed by atoms with Gasteiger partial charge in [-0.1, -0.05) is 26.8 Å². The molecule has 1 rings (SSSR count). The van der Waals surface area contributed by atoms with Crippen molar-refractivity contribution >= 4 is 0 Å². The molecule has 1 heterocycles. The van der Waals surface area contributed by atoms with Crippen LogP contribution in [0.5, 0.6) is 0 Å². The van der Waals surface area contributed by atoms with Gasteiger partial charge in [-0.2, -0.15) is 0 Å². The number of rotatable bonds is 7. The lowest BCUT2D eigenvalue weighted by atomic mass is 10.2. The molecule has 1 aromatic rings. The van der Waals surface area contributed by atoms with Gasteiger partial charge in [0.25, 0.3) is 0 Å². The van der Waals surface area contributed by atoms with Gasteiger partial charge in [0.05, 0.1) is 5.69 Å². The molecular formula is C15H27N3. The topological polar surface area (TPSA) is 28.2 Å². The summed E-state index contributed by atoms with van der Waals surface area (Å²) in [6.07, 6.45) is 0. The highest BCUT2D eigenvalue weighted by Crippen LogP contribution is 2.07. The van der Waals surface area contributed by atoms with E-state index in [1.807, 2.05) is 13.0 Å². The highest BCUT2D eigenvalue weighted by atomic mass is 15.2. The first-order chi connectivity index (χ1) is 8.52. The summed E-state index contributed by atoms with van der Waals surface area (Å²) in [7, 11) is 0. The van der Waals surface area contributed by atoms with Gasteiger partial charge >= 0.3 is 0 Å². The highest BCUT2D eigenvalue weighted by Gasteiger charge is 2.13. The maximum Gasteiger partial charge on any atom is 0.0547 e. The third-order valence-corrected chi connectivity index (χ3v) is 3.16. The van der Waals surface area contributed by atoms with Crippen LogP contribution in [0.4, 0.5) is 0 Å². The number of hydrogen-bond acceptors (Lipinski definition) is 3. The van der Waals surface area contributed by atoms with E-state index in [1.54, 1.807) is 0 Å². The molecule has 1 N–H and O–H groups in total. The van der Waals surface area contributed by atoms with Crippen molar-refractivity contribution in [2.75, 3.05) is 13.1 Å². The van der Waals surface area contributed by atoms with Gasteiger partial charge in [-0.3, -0.25) is 9.88 Å². The van der Waals surface area contributed by atoms with Crippen LogP contribution in [0.1, 0.15) is 39.1 Å². The average Bonchev–Trinajstić information content (AvgIpc) is 2.33. The first kappa shape index (κ1) is 15.1. The van der Waals surface area contributed by atoms with E-state index < -0.39 is 0 Å². The predicted molar refractivity (Wildman–Crippen MR) is 77.7 cm³/mol. The summed E-state index contributed by atoms with van der Waals surface area (Å²) >= 11 is 0. The second kappa shape index (κ2) is 7.49. The van der Waals surface area contributed by atoms with E-state index >= 15 is 0 Å². The zero-order valence-corrected chi connectivity index (χ0v) is 12.4. The molecule has 0 saturated carbocycles. The fraction of sp³-hybridized carbons (Fsp3) is 0.667. The second-order valence-electron chi connectivity index (χ2n) is 5.25. The summed E-state index contributed by atoms with van der Waals surface area (Å²) in [6, 6.07) is 7.31. The molecule has 0 aliphatic heterocycles. The van der Waals surface area contributed by atoms with Crippen molar-refractivity contribution < 1.29 is 0 Å². The summed E-state index contributed by atoms with van der Waals surface area (Å²) in [4.78, 5) is 7.03. The zero-order chi connectivity index (χ0) is 13.5. The van der Waals surface area contributed by atoms with Crippen molar-refractivity contribution in [3.05, 3.63) is 29.6 Å². The van der Waals surface area contributed by atoms with E-state index in [4.69, 9.17) is 0 Å². The molecule has 0 aliphatic rings. The van der Waals surface area contributed by atoms with Crippen LogP contribution in [0.2, 0.25) is 0 Å². The molecule has 0 aliphatic carbocycles. The first-order valence-electron chi connectivity index (χ1n) is 6.93. The van der Waals surface area contributed by atoms with Gasteiger partial charge in [0, 0.05) is 30.9 Å². The normalized spacial score (nSPS) is 13.3. The fourth-order valence-corrected chi connectivity index (χ4v) is 2.01. The quantitative estimate of drug-likeness (QED) is 0.805. The predicted octanol–water partition coefficient (Wildman–Crippen LogP) is 2.60. The molecule has 0 bridgehead atoms. The molecule has 0 fully saturated rings. The van der Waals surface area contributed by atoms with Crippen molar-refractivity contribution in [2.45, 2.75) is 53.2 Å². The Balaban J connectivity index is 2.55. The summed E-state index contributed by atoms with van der Waals surface area (Å²) in [5.41, 5.74) is 2.25. The standard InChI is InChI=1S/C15H27N3/c1-6-18(14(5)10-16-12(2)3)11-15-9-7-8-13(4)17-15/h7-9,12,14,16H,6,10-11H2,1-5H3. The highest BCUT2D eigenvalue weighted by molar-refractivity contribution is 5.09. The van der Waals surface area contributed by atoms with Gasteiger partial charge in [0.2, 0.25) is 0 Å². The van der Waals surface area contributed by atoms with E-state index in [2.05, 4.69) is 55.0 Å². The molecule has 0 radical (unpaired) electrons. The number of aromatic nitrogens is 1. The number of nitrogens with zero attached hydrogens (tertiary/aromatic N) is 2. The Morgan fingerprint density at radius 2 is 2.00 bits per heavy atom. The van der Waals surface area contributed by atoms with E-state index in [0.717, 1.165) is 31.0 Å². The third-order valence-electron chi connectivity index (χ3n) is 3.16. The summed E-state index contributed by atoms with van der Waals surface area (Å²) in [6.45, 7) is 13.9. The zero-order valence-electron chi connectivity index (χ0n) is 12.4. The van der Waals surface area contributed by atoms with E-state index in [-0.39, 0.29) is 0 Å². The molecule has 1 atom stereocenters. The number of hydrogen-bond donors (Lipinski definition) is 1. The van der Waals surface area contributed by atoms with Crippen molar-refractivity contribution in [2.24, 2.45) is 0 Å². The third kappa shape index (κ3) is 5.15. The number of nitrogens with one attached hydrogen (secondary N) is 1. The second-order valence-corrected chi connectivity index (χ2v) is 5.25. The molecule has 0 spiro atoms. The van der Waals surface area contributed by atoms with Crippen LogP contribution in [0.3, 0.4) is 0 Å². The summed E-state index contributed by atoms with van der Waals surface area (Å²) in [5, 5.41) is 3.50. The van der Waals surface area contributed by atoms with E-state index in [9.17, 15) is 0 Å². The van der Waals surface area contributed by atoms with Crippen LogP contribution >= 0.6 is 0 Å². The molecule has 0 saturated heterocycles. The largest absolute Gasteiger partial charge is 0.313 e. The fourth-order valence-electron chi connectivity index (χ4n) is 2.01. The maximum atomic E-state index is 4.58. The monoisotopic (exact) mass is 249 g/mol.